The van der Waals surface area contributed by atoms with Crippen LogP contribution in [0.2, 0.25) is 5.02 Å². The van der Waals surface area contributed by atoms with Gasteiger partial charge in [-0.2, -0.15) is 0 Å². The number of hydrogen-bond donors (Lipinski definition) is 1. The van der Waals surface area contributed by atoms with Crippen molar-refractivity contribution in [1.29, 1.82) is 0 Å². The molecule has 1 N–H and O–H groups in total. The number of anilines is 1. The Balaban J connectivity index is 1.70. The van der Waals surface area contributed by atoms with Crippen molar-refractivity contribution in [3.8, 4) is 11.3 Å². The van der Waals surface area contributed by atoms with E-state index >= 15 is 0 Å². The molecule has 0 fully saturated rings. The molecule has 0 aliphatic carbocycles. The molecule has 1 heterocycles. The van der Waals surface area contributed by atoms with Gasteiger partial charge in [-0.05, 0) is 89.5 Å². The predicted octanol–water partition coefficient (Wildman–Crippen LogP) is 6.73. The van der Waals surface area contributed by atoms with Crippen LogP contribution in [0.4, 0.5) is 5.69 Å². The molecule has 3 rings (SSSR count). The highest BCUT2D eigenvalue weighted by Crippen LogP contribution is 2.27. The third-order valence-corrected chi connectivity index (χ3v) is 5.27. The maximum atomic E-state index is 12.2. The number of aryl methyl sites for hydroxylation is 2. The predicted molar refractivity (Wildman–Crippen MR) is 120 cm³/mol. The number of furan rings is 1. The second kappa shape index (κ2) is 8.76. The third-order valence-electron chi connectivity index (χ3n) is 4.19. The van der Waals surface area contributed by atoms with Gasteiger partial charge in [-0.15, -0.1) is 0 Å². The van der Waals surface area contributed by atoms with E-state index in [1.54, 1.807) is 6.08 Å². The summed E-state index contributed by atoms with van der Waals surface area (Å²) in [5, 5.41) is 3.62. The van der Waals surface area contributed by atoms with Crippen LogP contribution in [0.5, 0.6) is 0 Å². The van der Waals surface area contributed by atoms with Crippen LogP contribution in [0.15, 0.2) is 59.0 Å². The number of carbonyl (C=O) groups excluding carboxylic acids is 1. The van der Waals surface area contributed by atoms with E-state index in [9.17, 15) is 4.79 Å². The molecule has 0 radical (unpaired) electrons. The van der Waals surface area contributed by atoms with Crippen LogP contribution >= 0.6 is 34.2 Å². The fourth-order valence-electron chi connectivity index (χ4n) is 2.65. The molecule has 3 nitrogen and oxygen atoms in total. The van der Waals surface area contributed by atoms with Gasteiger partial charge in [0.05, 0.1) is 0 Å². The summed E-state index contributed by atoms with van der Waals surface area (Å²) in [6, 6.07) is 15.5. The van der Waals surface area contributed by atoms with E-state index in [1.807, 2.05) is 49.4 Å². The van der Waals surface area contributed by atoms with Gasteiger partial charge in [0.1, 0.15) is 11.5 Å². The number of carbonyl (C=O) groups is 1. The molecule has 3 aromatic rings. The Bertz CT molecular complexity index is 1010. The lowest BCUT2D eigenvalue weighted by atomic mass is 10.1. The topological polar surface area (TPSA) is 42.2 Å². The van der Waals surface area contributed by atoms with Crippen molar-refractivity contribution in [2.24, 2.45) is 0 Å². The monoisotopic (exact) mass is 491 g/mol. The van der Waals surface area contributed by atoms with Crippen LogP contribution in [0.1, 0.15) is 23.8 Å². The molecule has 0 atom stereocenters. The number of rotatable bonds is 5. The number of benzene rings is 2. The van der Waals surface area contributed by atoms with E-state index in [-0.39, 0.29) is 5.91 Å². The zero-order chi connectivity index (χ0) is 19.4. The van der Waals surface area contributed by atoms with Crippen molar-refractivity contribution in [1.82, 2.24) is 0 Å². The smallest absolute Gasteiger partial charge is 0.248 e. The highest BCUT2D eigenvalue weighted by atomic mass is 127. The molecule has 1 amide bonds. The molecule has 0 saturated heterocycles. The summed E-state index contributed by atoms with van der Waals surface area (Å²) in [7, 11) is 0. The van der Waals surface area contributed by atoms with Gasteiger partial charge in [0.15, 0.2) is 0 Å². The van der Waals surface area contributed by atoms with Gasteiger partial charge < -0.3 is 9.73 Å². The van der Waals surface area contributed by atoms with Crippen molar-refractivity contribution in [3.63, 3.8) is 0 Å². The first-order valence-electron chi connectivity index (χ1n) is 8.60. The molecule has 0 unspecified atom stereocenters. The quantitative estimate of drug-likeness (QED) is 0.318. The number of nitrogens with one attached hydrogen (secondary N) is 1. The van der Waals surface area contributed by atoms with E-state index < -0.39 is 0 Å². The average Bonchev–Trinajstić information content (AvgIpc) is 3.13. The second-order valence-corrected chi connectivity index (χ2v) is 7.80. The molecule has 1 aromatic heterocycles. The van der Waals surface area contributed by atoms with Crippen molar-refractivity contribution in [2.45, 2.75) is 20.3 Å². The lowest BCUT2D eigenvalue weighted by Crippen LogP contribution is -2.09. The Morgan fingerprint density at radius 1 is 1.19 bits per heavy atom. The van der Waals surface area contributed by atoms with Crippen molar-refractivity contribution < 1.29 is 9.21 Å². The normalized spacial score (nSPS) is 11.1. The highest BCUT2D eigenvalue weighted by molar-refractivity contribution is 14.1. The summed E-state index contributed by atoms with van der Waals surface area (Å²) < 4.78 is 6.95. The fraction of sp³-hybridized carbons (Fsp3) is 0.136. The Hall–Kier alpha value is -2.05. The molecule has 0 aliphatic rings. The van der Waals surface area contributed by atoms with Crippen LogP contribution in [0.3, 0.4) is 0 Å². The summed E-state index contributed by atoms with van der Waals surface area (Å²) in [4.78, 5) is 12.2. The summed E-state index contributed by atoms with van der Waals surface area (Å²) in [5.41, 5.74) is 3.87. The average molecular weight is 492 g/mol. The molecule has 0 bridgehead atoms. The first-order chi connectivity index (χ1) is 13.0. The van der Waals surface area contributed by atoms with Crippen molar-refractivity contribution in [3.05, 3.63) is 80.1 Å². The summed E-state index contributed by atoms with van der Waals surface area (Å²) in [6.07, 6.45) is 3.99. The summed E-state index contributed by atoms with van der Waals surface area (Å²) in [6.45, 7) is 4.03. The first-order valence-corrected chi connectivity index (χ1v) is 10.1. The molecule has 138 valence electrons. The minimum atomic E-state index is -0.192. The number of amides is 1. The second-order valence-electron chi connectivity index (χ2n) is 6.14. The maximum Gasteiger partial charge on any atom is 0.248 e. The van der Waals surface area contributed by atoms with E-state index in [4.69, 9.17) is 16.0 Å². The van der Waals surface area contributed by atoms with Crippen LogP contribution in [0, 0.1) is 10.5 Å². The molecule has 0 aliphatic heterocycles. The highest BCUT2D eigenvalue weighted by Gasteiger charge is 2.07. The molecule has 0 spiro atoms. The molecular weight excluding hydrogens is 473 g/mol. The molecule has 27 heavy (non-hydrogen) atoms. The van der Waals surface area contributed by atoms with Gasteiger partial charge in [-0.1, -0.05) is 30.7 Å². The molecule has 2 aromatic carbocycles. The van der Waals surface area contributed by atoms with Gasteiger partial charge >= 0.3 is 0 Å². The maximum absolute atomic E-state index is 12.2. The Morgan fingerprint density at radius 3 is 2.74 bits per heavy atom. The van der Waals surface area contributed by atoms with Gasteiger partial charge in [-0.3, -0.25) is 4.79 Å². The minimum absolute atomic E-state index is 0.192. The van der Waals surface area contributed by atoms with Crippen LogP contribution in [0.25, 0.3) is 17.4 Å². The fourth-order valence-corrected chi connectivity index (χ4v) is 3.39. The Morgan fingerprint density at radius 2 is 2.00 bits per heavy atom. The van der Waals surface area contributed by atoms with Gasteiger partial charge in [0.25, 0.3) is 0 Å². The standard InChI is InChI=1S/C22H19ClINO2/c1-3-15-12-17(24)6-9-20(15)25-22(26)11-8-18-7-10-21(27-18)16-5-4-14(2)19(23)13-16/h4-13H,3H2,1-2H3,(H,25,26)/b11-8+. The zero-order valence-corrected chi connectivity index (χ0v) is 18.0. The van der Waals surface area contributed by atoms with E-state index in [2.05, 4.69) is 40.9 Å². The summed E-state index contributed by atoms with van der Waals surface area (Å²) >= 11 is 8.44. The van der Waals surface area contributed by atoms with Crippen molar-refractivity contribution in [2.75, 3.05) is 5.32 Å². The lowest BCUT2D eigenvalue weighted by Gasteiger charge is -2.08. The van der Waals surface area contributed by atoms with E-state index in [1.165, 1.54) is 6.08 Å². The van der Waals surface area contributed by atoms with Gasteiger partial charge in [0, 0.05) is 25.9 Å². The van der Waals surface area contributed by atoms with E-state index in [0.29, 0.717) is 16.5 Å². The molecule has 5 heteroatoms. The van der Waals surface area contributed by atoms with Crippen LogP contribution < -0.4 is 5.32 Å². The SMILES string of the molecule is CCc1cc(I)ccc1NC(=O)/C=C/c1ccc(-c2ccc(C)c(Cl)c2)o1. The Kier molecular flexibility index (Phi) is 6.39. The minimum Gasteiger partial charge on any atom is -0.457 e. The number of hydrogen-bond acceptors (Lipinski definition) is 2. The first kappa shape index (κ1) is 19.7. The largest absolute Gasteiger partial charge is 0.457 e. The van der Waals surface area contributed by atoms with Crippen molar-refractivity contribution >= 4 is 51.9 Å². The number of halogens is 2. The Labute approximate surface area is 177 Å². The lowest BCUT2D eigenvalue weighted by molar-refractivity contribution is -0.111. The molecular formula is C22H19ClINO2. The van der Waals surface area contributed by atoms with Crippen LogP contribution in [-0.2, 0) is 11.2 Å². The molecule has 0 saturated carbocycles. The summed E-state index contributed by atoms with van der Waals surface area (Å²) in [5.74, 6) is 1.13. The van der Waals surface area contributed by atoms with Gasteiger partial charge in [-0.25, -0.2) is 0 Å². The van der Waals surface area contributed by atoms with E-state index in [0.717, 1.165) is 32.4 Å². The third kappa shape index (κ3) is 5.02. The van der Waals surface area contributed by atoms with Gasteiger partial charge in [0.2, 0.25) is 5.91 Å². The zero-order valence-electron chi connectivity index (χ0n) is 15.1. The van der Waals surface area contributed by atoms with Crippen LogP contribution in [-0.4, -0.2) is 5.91 Å².